The second kappa shape index (κ2) is 24.9. The number of aliphatic hydroxyl groups is 1. The number of ether oxygens (including phenoxy) is 2. The van der Waals surface area contributed by atoms with Crippen molar-refractivity contribution in [2.45, 2.75) is 122 Å². The Balaban J connectivity index is 0.000000281. The molecule has 2 saturated carbocycles. The number of Topliss-reactive ketones (excluding diaryl/α,β-unsaturated/α-hetero) is 1. The van der Waals surface area contributed by atoms with Crippen molar-refractivity contribution in [1.29, 1.82) is 0 Å². The minimum atomic E-state index is -0.716. The first kappa shape index (κ1) is 50.8. The van der Waals surface area contributed by atoms with Crippen LogP contribution in [0.3, 0.4) is 0 Å². The number of carbonyl (C=O) groups is 1. The minimum Gasteiger partial charge on any atom is -1.00 e. The molecule has 4 nitrogen and oxygen atoms in total. The minimum absolute atomic E-state index is 0. The van der Waals surface area contributed by atoms with E-state index < -0.39 is 5.60 Å². The number of aryl methyl sites for hydroxylation is 4. The van der Waals surface area contributed by atoms with Crippen molar-refractivity contribution in [3.8, 4) is 33.8 Å². The molecule has 0 bridgehead atoms. The maximum atomic E-state index is 11.4. The Kier molecular flexibility index (Phi) is 19.8. The van der Waals surface area contributed by atoms with Gasteiger partial charge in [0.05, 0.1) is 19.8 Å². The molecule has 0 heterocycles. The summed E-state index contributed by atoms with van der Waals surface area (Å²) in [5.41, 5.74) is 13.3. The van der Waals surface area contributed by atoms with Crippen LogP contribution in [0.25, 0.3) is 22.3 Å². The zero-order valence-corrected chi connectivity index (χ0v) is 42.1. The van der Waals surface area contributed by atoms with Crippen LogP contribution < -0.4 is 9.47 Å². The fourth-order valence-electron chi connectivity index (χ4n) is 9.24. The van der Waals surface area contributed by atoms with Gasteiger partial charge in [-0.05, 0) is 175 Å². The van der Waals surface area contributed by atoms with E-state index in [9.17, 15) is 9.90 Å². The number of halogens is 1. The van der Waals surface area contributed by atoms with E-state index in [2.05, 4.69) is 165 Å². The van der Waals surface area contributed by atoms with E-state index in [-0.39, 0.29) is 25.9 Å². The average molecular weight is 934 g/mol. The largest absolute Gasteiger partial charge is 2.00 e. The standard InChI is InChI=1S/C29H34O2.C15H20O.C14H13BrO.Mg.2H/c1-4-5-22-6-8-23(9-7-22)24-16-18-29(30,19-17-24)26-12-10-25(11-13-26)28-15-14-27(31-3)20-21(28)2;1-2-3-12-4-6-13(7-5-12)14-8-10-15(16)11-9-14;1-10-9-13(16-2)7-8-14(10)11-3-5-12(15)6-4-11;;;/h6-15,20,24,30H,4-5,16-19H2,1-3H3;4-7,14H,2-3,8-11H2,1H3;3-9H,1-2H3;;;/q;;;+2;2*-1. The molecule has 0 radical (unpaired) electrons. The zero-order valence-electron chi connectivity index (χ0n) is 41.1. The van der Waals surface area contributed by atoms with E-state index in [0.717, 1.165) is 79.3 Å². The van der Waals surface area contributed by atoms with Crippen molar-refractivity contribution in [2.24, 2.45) is 0 Å². The molecule has 2 aliphatic rings. The summed E-state index contributed by atoms with van der Waals surface area (Å²) in [6, 6.07) is 47.3. The molecule has 0 aliphatic heterocycles. The normalized spacial score (nSPS) is 17.2. The van der Waals surface area contributed by atoms with Gasteiger partial charge in [-0.25, -0.2) is 0 Å². The SMILES string of the molecule is CCCc1ccc(C2CCC(=O)CC2)cc1.CCCc1ccc(C2CCC(O)(c3ccc(-c4ccc(OC)cc4C)cc3)CC2)cc1.COc1ccc(-c2ccc(Br)cc2)c(C)c1.[H-].[H-].[Mg+2]. The molecule has 6 aromatic rings. The third-order valence-corrected chi connectivity index (χ3v) is 13.6. The number of hydrogen-bond acceptors (Lipinski definition) is 4. The molecule has 64 heavy (non-hydrogen) atoms. The van der Waals surface area contributed by atoms with Crippen LogP contribution >= 0.6 is 15.9 Å². The van der Waals surface area contributed by atoms with Gasteiger partial charge < -0.3 is 17.4 Å². The summed E-state index contributed by atoms with van der Waals surface area (Å²) in [5.74, 6) is 3.40. The van der Waals surface area contributed by atoms with Crippen LogP contribution in [0, 0.1) is 13.8 Å². The molecule has 334 valence electrons. The number of ketones is 1. The molecule has 0 aromatic heterocycles. The first-order valence-electron chi connectivity index (χ1n) is 23.1. The van der Waals surface area contributed by atoms with E-state index >= 15 is 0 Å². The zero-order chi connectivity index (χ0) is 44.8. The molecule has 0 amide bonds. The average Bonchev–Trinajstić information content (AvgIpc) is 3.31. The first-order chi connectivity index (χ1) is 30.5. The van der Waals surface area contributed by atoms with Crippen molar-refractivity contribution in [2.75, 3.05) is 14.2 Å². The molecule has 6 aromatic carbocycles. The Morgan fingerprint density at radius 2 is 1.00 bits per heavy atom. The first-order valence-corrected chi connectivity index (χ1v) is 23.9. The fraction of sp³-hybridized carbons (Fsp3) is 0.362. The molecule has 8 rings (SSSR count). The van der Waals surface area contributed by atoms with Gasteiger partial charge in [0.2, 0.25) is 0 Å². The fourth-order valence-corrected chi connectivity index (χ4v) is 9.51. The Bertz CT molecular complexity index is 2350. The maximum absolute atomic E-state index is 11.4. The topological polar surface area (TPSA) is 55.8 Å². The van der Waals surface area contributed by atoms with Gasteiger partial charge in [-0.1, -0.05) is 140 Å². The van der Waals surface area contributed by atoms with E-state index in [1.54, 1.807) is 14.2 Å². The van der Waals surface area contributed by atoms with Crippen LogP contribution in [0.15, 0.2) is 138 Å². The van der Waals surface area contributed by atoms with E-state index in [4.69, 9.17) is 9.47 Å². The van der Waals surface area contributed by atoms with Gasteiger partial charge in [-0.15, -0.1) is 0 Å². The predicted molar refractivity (Wildman–Crippen MR) is 274 cm³/mol. The van der Waals surface area contributed by atoms with Gasteiger partial charge in [0.15, 0.2) is 0 Å². The van der Waals surface area contributed by atoms with E-state index in [1.807, 2.05) is 12.1 Å². The Hall–Kier alpha value is -4.20. The number of hydrogen-bond donors (Lipinski definition) is 1. The Morgan fingerprint density at radius 1 is 0.594 bits per heavy atom. The molecule has 2 fully saturated rings. The summed E-state index contributed by atoms with van der Waals surface area (Å²) in [4.78, 5) is 11.2. The van der Waals surface area contributed by atoms with Crippen LogP contribution in [-0.2, 0) is 23.2 Å². The van der Waals surface area contributed by atoms with Crippen LogP contribution in [0.1, 0.15) is 132 Å². The van der Waals surface area contributed by atoms with Crippen LogP contribution in [-0.4, -0.2) is 48.2 Å². The summed E-state index contributed by atoms with van der Waals surface area (Å²) >= 11 is 3.44. The van der Waals surface area contributed by atoms with Crippen molar-refractivity contribution in [1.82, 2.24) is 0 Å². The Labute approximate surface area is 411 Å². The van der Waals surface area contributed by atoms with Crippen molar-refractivity contribution in [3.05, 3.63) is 177 Å². The van der Waals surface area contributed by atoms with Crippen molar-refractivity contribution < 1.29 is 22.2 Å². The third-order valence-electron chi connectivity index (χ3n) is 13.1. The predicted octanol–water partition coefficient (Wildman–Crippen LogP) is 15.3. The smallest absolute Gasteiger partial charge is 1.00 e. The second-order valence-corrected chi connectivity index (χ2v) is 18.5. The van der Waals surface area contributed by atoms with Gasteiger partial charge in [-0.3, -0.25) is 4.79 Å². The number of carbonyl (C=O) groups excluding carboxylic acids is 1. The summed E-state index contributed by atoms with van der Waals surface area (Å²) in [5, 5.41) is 11.4. The van der Waals surface area contributed by atoms with Crippen LogP contribution in [0.5, 0.6) is 11.5 Å². The van der Waals surface area contributed by atoms with Gasteiger partial charge in [-0.2, -0.15) is 0 Å². The van der Waals surface area contributed by atoms with Gasteiger partial charge in [0.1, 0.15) is 17.3 Å². The molecule has 2 aliphatic carbocycles. The summed E-state index contributed by atoms with van der Waals surface area (Å²) < 4.78 is 11.6. The molecule has 0 saturated heterocycles. The molecule has 1 N–H and O–H groups in total. The molecule has 0 unspecified atom stereocenters. The van der Waals surface area contributed by atoms with Crippen molar-refractivity contribution >= 4 is 44.8 Å². The van der Waals surface area contributed by atoms with E-state index in [0.29, 0.717) is 17.6 Å². The summed E-state index contributed by atoms with van der Waals surface area (Å²) in [7, 11) is 3.38. The molecule has 0 atom stereocenters. The van der Waals surface area contributed by atoms with E-state index in [1.165, 1.54) is 74.9 Å². The second-order valence-electron chi connectivity index (χ2n) is 17.5. The molecule has 6 heteroatoms. The maximum Gasteiger partial charge on any atom is 2.00 e. The molecule has 0 spiro atoms. The third kappa shape index (κ3) is 13.9. The van der Waals surface area contributed by atoms with Crippen molar-refractivity contribution in [3.63, 3.8) is 0 Å². The molecular weight excluding hydrogens is 865 g/mol. The van der Waals surface area contributed by atoms with Crippen LogP contribution in [0.2, 0.25) is 0 Å². The number of rotatable bonds is 11. The van der Waals surface area contributed by atoms with Crippen LogP contribution in [0.4, 0.5) is 0 Å². The summed E-state index contributed by atoms with van der Waals surface area (Å²) in [6.45, 7) is 8.64. The van der Waals surface area contributed by atoms with Gasteiger partial charge >= 0.3 is 23.1 Å². The Morgan fingerprint density at radius 3 is 1.39 bits per heavy atom. The molecular formula is C58H69BrMgO4. The summed E-state index contributed by atoms with van der Waals surface area (Å²) in [6.07, 6.45) is 12.1. The van der Waals surface area contributed by atoms with Gasteiger partial charge in [0.25, 0.3) is 0 Å². The van der Waals surface area contributed by atoms with Gasteiger partial charge in [0, 0.05) is 17.3 Å². The number of methoxy groups -OCH3 is 2. The monoisotopic (exact) mass is 932 g/mol. The quantitative estimate of drug-likeness (QED) is 0.132. The number of benzene rings is 6.